The van der Waals surface area contributed by atoms with E-state index in [1.165, 1.54) is 15.4 Å². The van der Waals surface area contributed by atoms with Crippen LogP contribution in [0.4, 0.5) is 0 Å². The highest BCUT2D eigenvalue weighted by Gasteiger charge is 2.41. The van der Waals surface area contributed by atoms with Crippen LogP contribution < -0.4 is 0 Å². The molecule has 18 heavy (non-hydrogen) atoms. The van der Waals surface area contributed by atoms with Crippen LogP contribution in [-0.4, -0.2) is 0 Å². The van der Waals surface area contributed by atoms with Gasteiger partial charge < -0.3 is 0 Å². The number of rotatable bonds is 1. The van der Waals surface area contributed by atoms with Crippen molar-refractivity contribution >= 4 is 23.5 Å². The molecule has 0 N–H and O–H groups in total. The summed E-state index contributed by atoms with van der Waals surface area (Å²) in [6, 6.07) is 18.9. The van der Waals surface area contributed by atoms with E-state index in [-0.39, 0.29) is 0 Å². The zero-order valence-corrected chi connectivity index (χ0v) is 11.5. The zero-order chi connectivity index (χ0) is 12.6. The molecule has 0 bridgehead atoms. The molecular formula is C15H11NS2. The second kappa shape index (κ2) is 4.38. The summed E-state index contributed by atoms with van der Waals surface area (Å²) in [5.74, 6) is 0. The third-order valence-electron chi connectivity index (χ3n) is 2.91. The molecule has 1 aliphatic rings. The molecule has 1 unspecified atom stereocenters. The second-order valence-corrected chi connectivity index (χ2v) is 7.02. The summed E-state index contributed by atoms with van der Waals surface area (Å²) in [6.45, 7) is 2.08. The summed E-state index contributed by atoms with van der Waals surface area (Å²) in [7, 11) is 0. The van der Waals surface area contributed by atoms with Crippen LogP contribution in [-0.2, 0) is 4.08 Å². The molecule has 1 nitrogen and oxygen atoms in total. The maximum absolute atomic E-state index is 9.62. The molecule has 0 fully saturated rings. The summed E-state index contributed by atoms with van der Waals surface area (Å²) in [5, 5.41) is 9.62. The maximum atomic E-state index is 9.62. The summed E-state index contributed by atoms with van der Waals surface area (Å²) in [6.07, 6.45) is 0. The van der Waals surface area contributed by atoms with E-state index in [1.807, 2.05) is 30.3 Å². The number of benzene rings is 2. The minimum Gasteiger partial charge on any atom is -0.195 e. The normalized spacial score (nSPS) is 21.3. The number of hydrogen-bond acceptors (Lipinski definition) is 3. The predicted molar refractivity (Wildman–Crippen MR) is 76.6 cm³/mol. The Morgan fingerprint density at radius 3 is 2.44 bits per heavy atom. The second-order valence-electron chi connectivity index (χ2n) is 4.25. The number of nitriles is 1. The quantitative estimate of drug-likeness (QED) is 0.757. The lowest BCUT2D eigenvalue weighted by Crippen LogP contribution is -2.10. The first-order chi connectivity index (χ1) is 8.73. The maximum Gasteiger partial charge on any atom is 0.182 e. The van der Waals surface area contributed by atoms with Crippen LogP contribution in [0.3, 0.4) is 0 Å². The molecule has 2 aromatic carbocycles. The standard InChI is InChI=1S/C15H11NS2/c1-11-7-8-13-14(9-11)18-15(10-16,17-13)12-5-3-2-4-6-12/h2-9H,1H3. The van der Waals surface area contributed by atoms with Crippen molar-refractivity contribution in [3.8, 4) is 6.07 Å². The fraction of sp³-hybridized carbons (Fsp3) is 0.133. The summed E-state index contributed by atoms with van der Waals surface area (Å²) in [5.41, 5.74) is 2.31. The van der Waals surface area contributed by atoms with Gasteiger partial charge in [0.2, 0.25) is 0 Å². The van der Waals surface area contributed by atoms with E-state index in [9.17, 15) is 5.26 Å². The van der Waals surface area contributed by atoms with Crippen LogP contribution in [0.1, 0.15) is 11.1 Å². The zero-order valence-electron chi connectivity index (χ0n) is 9.88. The van der Waals surface area contributed by atoms with Gasteiger partial charge in [0.05, 0.1) is 6.07 Å². The van der Waals surface area contributed by atoms with Crippen LogP contribution in [0.25, 0.3) is 0 Å². The minimum absolute atomic E-state index is 0.530. The topological polar surface area (TPSA) is 23.8 Å². The lowest BCUT2D eigenvalue weighted by molar-refractivity contribution is 1.15. The Morgan fingerprint density at radius 2 is 1.72 bits per heavy atom. The molecule has 1 aliphatic heterocycles. The van der Waals surface area contributed by atoms with Gasteiger partial charge in [-0.15, -0.1) is 0 Å². The predicted octanol–water partition coefficient (Wildman–Crippen LogP) is 4.57. The molecule has 1 heterocycles. The van der Waals surface area contributed by atoms with Gasteiger partial charge in [-0.1, -0.05) is 59.9 Å². The van der Waals surface area contributed by atoms with E-state index >= 15 is 0 Å². The van der Waals surface area contributed by atoms with Gasteiger partial charge >= 0.3 is 0 Å². The smallest absolute Gasteiger partial charge is 0.182 e. The SMILES string of the molecule is Cc1ccc2c(c1)SC(C#N)(c1ccccc1)S2. The van der Waals surface area contributed by atoms with Crippen LogP contribution in [0.15, 0.2) is 58.3 Å². The van der Waals surface area contributed by atoms with Crippen molar-refractivity contribution in [2.24, 2.45) is 0 Å². The van der Waals surface area contributed by atoms with Crippen molar-refractivity contribution in [1.82, 2.24) is 0 Å². The lowest BCUT2D eigenvalue weighted by atomic mass is 10.1. The fourth-order valence-corrected chi connectivity index (χ4v) is 4.88. The molecule has 0 aromatic heterocycles. The Hall–Kier alpha value is -1.37. The van der Waals surface area contributed by atoms with Gasteiger partial charge in [-0.05, 0) is 30.2 Å². The van der Waals surface area contributed by atoms with Gasteiger partial charge in [0.25, 0.3) is 0 Å². The van der Waals surface area contributed by atoms with Crippen molar-refractivity contribution < 1.29 is 0 Å². The van der Waals surface area contributed by atoms with Gasteiger partial charge in [0.1, 0.15) is 0 Å². The van der Waals surface area contributed by atoms with Crippen molar-refractivity contribution in [2.75, 3.05) is 0 Å². The molecule has 3 heteroatoms. The minimum atomic E-state index is -0.530. The summed E-state index contributed by atoms with van der Waals surface area (Å²) >= 11 is 3.30. The van der Waals surface area contributed by atoms with Crippen LogP contribution in [0.5, 0.6) is 0 Å². The van der Waals surface area contributed by atoms with E-state index < -0.39 is 4.08 Å². The molecule has 0 saturated carbocycles. The number of aryl methyl sites for hydroxylation is 1. The third kappa shape index (κ3) is 1.82. The molecule has 0 spiro atoms. The molecule has 0 amide bonds. The van der Waals surface area contributed by atoms with E-state index in [0.717, 1.165) is 5.56 Å². The number of hydrogen-bond donors (Lipinski definition) is 0. The molecule has 88 valence electrons. The molecule has 0 saturated heterocycles. The van der Waals surface area contributed by atoms with Gasteiger partial charge in [0, 0.05) is 9.79 Å². The van der Waals surface area contributed by atoms with Gasteiger partial charge in [0.15, 0.2) is 4.08 Å². The Balaban J connectivity index is 2.07. The molecule has 2 aromatic rings. The lowest BCUT2D eigenvalue weighted by Gasteiger charge is -2.18. The third-order valence-corrected chi connectivity index (χ3v) is 5.90. The molecule has 0 aliphatic carbocycles. The van der Waals surface area contributed by atoms with Crippen LogP contribution >= 0.6 is 23.5 Å². The fourth-order valence-electron chi connectivity index (χ4n) is 2.00. The van der Waals surface area contributed by atoms with E-state index in [2.05, 4.69) is 31.2 Å². The highest BCUT2D eigenvalue weighted by atomic mass is 32.2. The van der Waals surface area contributed by atoms with Crippen molar-refractivity contribution in [1.29, 1.82) is 5.26 Å². The molecular weight excluding hydrogens is 258 g/mol. The van der Waals surface area contributed by atoms with Gasteiger partial charge in [-0.25, -0.2) is 0 Å². The van der Waals surface area contributed by atoms with E-state index in [0.29, 0.717) is 0 Å². The molecule has 3 rings (SSSR count). The van der Waals surface area contributed by atoms with Crippen LogP contribution in [0, 0.1) is 18.3 Å². The highest BCUT2D eigenvalue weighted by molar-refractivity contribution is 8.20. The first-order valence-electron chi connectivity index (χ1n) is 5.69. The summed E-state index contributed by atoms with van der Waals surface area (Å²) in [4.78, 5) is 2.42. The number of thioether (sulfide) groups is 2. The van der Waals surface area contributed by atoms with Gasteiger partial charge in [-0.3, -0.25) is 0 Å². The summed E-state index contributed by atoms with van der Waals surface area (Å²) < 4.78 is -0.530. The number of nitrogens with zero attached hydrogens (tertiary/aromatic N) is 1. The Kier molecular flexibility index (Phi) is 2.85. The van der Waals surface area contributed by atoms with Crippen molar-refractivity contribution in [2.45, 2.75) is 20.8 Å². The average molecular weight is 269 g/mol. The van der Waals surface area contributed by atoms with E-state index in [1.54, 1.807) is 23.5 Å². The van der Waals surface area contributed by atoms with Crippen LogP contribution in [0.2, 0.25) is 0 Å². The Morgan fingerprint density at radius 1 is 1.00 bits per heavy atom. The molecule has 0 radical (unpaired) electrons. The Bertz CT molecular complexity index is 631. The number of fused-ring (bicyclic) bond motifs is 1. The van der Waals surface area contributed by atoms with E-state index in [4.69, 9.17) is 0 Å². The highest BCUT2D eigenvalue weighted by Crippen LogP contribution is 2.60. The first-order valence-corrected chi connectivity index (χ1v) is 7.32. The monoisotopic (exact) mass is 269 g/mol. The molecule has 1 atom stereocenters. The van der Waals surface area contributed by atoms with Crippen molar-refractivity contribution in [3.63, 3.8) is 0 Å². The average Bonchev–Trinajstić information content (AvgIpc) is 2.79. The first kappa shape index (κ1) is 11.7. The van der Waals surface area contributed by atoms with Crippen molar-refractivity contribution in [3.05, 3.63) is 59.7 Å². The Labute approximate surface area is 115 Å². The van der Waals surface area contributed by atoms with Gasteiger partial charge in [-0.2, -0.15) is 5.26 Å². The largest absolute Gasteiger partial charge is 0.195 e.